The Hall–Kier alpha value is -3.22. The molecule has 0 radical (unpaired) electrons. The van der Waals surface area contributed by atoms with Gasteiger partial charge in [-0.25, -0.2) is 4.68 Å². The number of aromatic nitrogens is 4. The second kappa shape index (κ2) is 8.43. The number of carbonyl (C=O) groups excluding carboxylic acids is 1. The summed E-state index contributed by atoms with van der Waals surface area (Å²) in [4.78, 5) is 12.2. The molecule has 4 rings (SSSR count). The number of hydrogen-bond acceptors (Lipinski definition) is 5. The Morgan fingerprint density at radius 1 is 1.03 bits per heavy atom. The van der Waals surface area contributed by atoms with Crippen molar-refractivity contribution in [3.8, 4) is 5.82 Å². The number of anilines is 3. The van der Waals surface area contributed by atoms with Crippen molar-refractivity contribution in [1.29, 1.82) is 0 Å². The molecule has 2 N–H and O–H groups in total. The first-order chi connectivity index (χ1) is 14.1. The van der Waals surface area contributed by atoms with Gasteiger partial charge in [0.1, 0.15) is 0 Å². The lowest BCUT2D eigenvalue weighted by atomic mass is 10.0. The van der Waals surface area contributed by atoms with Gasteiger partial charge < -0.3 is 10.6 Å². The maximum absolute atomic E-state index is 12.2. The van der Waals surface area contributed by atoms with Crippen LogP contribution in [0.2, 0.25) is 0 Å². The Bertz CT molecular complexity index is 972. The first-order valence-electron chi connectivity index (χ1n) is 10.1. The molecule has 1 aromatic carbocycles. The van der Waals surface area contributed by atoms with E-state index in [9.17, 15) is 4.79 Å². The predicted octanol–water partition coefficient (Wildman–Crippen LogP) is 4.54. The normalized spacial score (nSPS) is 14.1. The number of nitrogens with one attached hydrogen (secondary N) is 2. The monoisotopic (exact) mass is 390 g/mol. The van der Waals surface area contributed by atoms with E-state index in [4.69, 9.17) is 0 Å². The Balaban J connectivity index is 1.34. The predicted molar refractivity (Wildman–Crippen MR) is 114 cm³/mol. The Morgan fingerprint density at radius 2 is 1.76 bits per heavy atom. The van der Waals surface area contributed by atoms with Crippen LogP contribution in [0.4, 0.5) is 17.2 Å². The van der Waals surface area contributed by atoms with Crippen molar-refractivity contribution in [3.63, 3.8) is 0 Å². The first kappa shape index (κ1) is 19.1. The van der Waals surface area contributed by atoms with Gasteiger partial charge in [-0.3, -0.25) is 4.79 Å². The molecule has 1 saturated carbocycles. The number of carbonyl (C=O) groups is 1. The van der Waals surface area contributed by atoms with E-state index in [2.05, 4.69) is 25.9 Å². The van der Waals surface area contributed by atoms with E-state index in [0.717, 1.165) is 22.8 Å². The van der Waals surface area contributed by atoms with Gasteiger partial charge in [-0.2, -0.15) is 5.10 Å². The average Bonchev–Trinajstić information content (AvgIpc) is 3.33. The van der Waals surface area contributed by atoms with E-state index in [1.807, 2.05) is 56.3 Å². The van der Waals surface area contributed by atoms with Crippen LogP contribution in [0.25, 0.3) is 5.82 Å². The Labute approximate surface area is 170 Å². The molecule has 29 heavy (non-hydrogen) atoms. The molecule has 0 bridgehead atoms. The summed E-state index contributed by atoms with van der Waals surface area (Å²) >= 11 is 0. The van der Waals surface area contributed by atoms with E-state index < -0.39 is 0 Å². The summed E-state index contributed by atoms with van der Waals surface area (Å²) in [6.07, 6.45) is 5.48. The van der Waals surface area contributed by atoms with Crippen LogP contribution < -0.4 is 10.6 Å². The van der Waals surface area contributed by atoms with E-state index in [0.29, 0.717) is 24.0 Å². The summed E-state index contributed by atoms with van der Waals surface area (Å²) in [5, 5.41) is 19.1. The standard InChI is InChI=1S/C22H26N6O/c1-15-13-16(2)28(27-15)21-12-11-20(25-26-21)23-18-7-9-19(10-8-18)24-22(29)14-17-5-3-4-6-17/h7-13,17H,3-6,14H2,1-2H3,(H,23,25)(H,24,29). The van der Waals surface area contributed by atoms with E-state index in [-0.39, 0.29) is 5.91 Å². The van der Waals surface area contributed by atoms with Crippen LogP contribution in [-0.2, 0) is 4.79 Å². The minimum absolute atomic E-state index is 0.100. The number of aryl methyl sites for hydroxylation is 2. The third kappa shape index (κ3) is 4.80. The lowest BCUT2D eigenvalue weighted by molar-refractivity contribution is -0.117. The van der Waals surface area contributed by atoms with Gasteiger partial charge in [0.25, 0.3) is 0 Å². The SMILES string of the molecule is Cc1cc(C)n(-c2ccc(Nc3ccc(NC(=O)CC4CCCC4)cc3)nn2)n1. The molecule has 7 heteroatoms. The first-order valence-corrected chi connectivity index (χ1v) is 10.1. The minimum Gasteiger partial charge on any atom is -0.339 e. The number of amides is 1. The molecule has 0 spiro atoms. The van der Waals surface area contributed by atoms with Crippen LogP contribution >= 0.6 is 0 Å². The number of hydrogen-bond donors (Lipinski definition) is 2. The fraction of sp³-hybridized carbons (Fsp3) is 0.364. The van der Waals surface area contributed by atoms with Crippen LogP contribution in [0.1, 0.15) is 43.5 Å². The summed E-state index contributed by atoms with van der Waals surface area (Å²) in [7, 11) is 0. The number of benzene rings is 1. The highest BCUT2D eigenvalue weighted by Gasteiger charge is 2.18. The fourth-order valence-corrected chi connectivity index (χ4v) is 3.84. The van der Waals surface area contributed by atoms with Crippen molar-refractivity contribution in [3.05, 3.63) is 53.9 Å². The Kier molecular flexibility index (Phi) is 5.55. The fourth-order valence-electron chi connectivity index (χ4n) is 3.84. The largest absolute Gasteiger partial charge is 0.339 e. The molecular formula is C22H26N6O. The number of rotatable bonds is 6. The molecule has 0 aliphatic heterocycles. The second-order valence-electron chi connectivity index (χ2n) is 7.72. The Morgan fingerprint density at radius 3 is 2.38 bits per heavy atom. The molecule has 0 atom stereocenters. The smallest absolute Gasteiger partial charge is 0.224 e. The van der Waals surface area contributed by atoms with Crippen molar-refractivity contribution in [2.45, 2.75) is 46.0 Å². The van der Waals surface area contributed by atoms with Gasteiger partial charge in [-0.1, -0.05) is 12.8 Å². The maximum Gasteiger partial charge on any atom is 0.224 e. The van der Waals surface area contributed by atoms with E-state index >= 15 is 0 Å². The summed E-state index contributed by atoms with van der Waals surface area (Å²) < 4.78 is 1.77. The van der Waals surface area contributed by atoms with Gasteiger partial charge in [0.15, 0.2) is 11.6 Å². The van der Waals surface area contributed by atoms with Crippen LogP contribution in [0, 0.1) is 19.8 Å². The lowest BCUT2D eigenvalue weighted by Crippen LogP contribution is -2.15. The molecule has 3 aromatic rings. The van der Waals surface area contributed by atoms with Gasteiger partial charge in [0, 0.05) is 23.5 Å². The maximum atomic E-state index is 12.2. The van der Waals surface area contributed by atoms with Crippen LogP contribution in [0.15, 0.2) is 42.5 Å². The van der Waals surface area contributed by atoms with E-state index in [1.165, 1.54) is 25.7 Å². The van der Waals surface area contributed by atoms with E-state index in [1.54, 1.807) is 4.68 Å². The summed E-state index contributed by atoms with van der Waals surface area (Å²) in [5.74, 6) is 1.98. The van der Waals surface area contributed by atoms with Crippen molar-refractivity contribution in [1.82, 2.24) is 20.0 Å². The zero-order valence-corrected chi connectivity index (χ0v) is 16.9. The van der Waals surface area contributed by atoms with Gasteiger partial charge >= 0.3 is 0 Å². The molecule has 1 aliphatic carbocycles. The van der Waals surface area contributed by atoms with Gasteiger partial charge in [-0.05, 0) is 75.1 Å². The summed E-state index contributed by atoms with van der Waals surface area (Å²) in [5.41, 5.74) is 3.65. The van der Waals surface area contributed by atoms with Gasteiger partial charge in [0.2, 0.25) is 5.91 Å². The third-order valence-corrected chi connectivity index (χ3v) is 5.27. The second-order valence-corrected chi connectivity index (χ2v) is 7.72. The molecule has 1 amide bonds. The molecule has 0 saturated heterocycles. The highest BCUT2D eigenvalue weighted by molar-refractivity contribution is 5.91. The third-order valence-electron chi connectivity index (χ3n) is 5.27. The molecule has 1 fully saturated rings. The molecule has 2 aromatic heterocycles. The average molecular weight is 390 g/mol. The van der Waals surface area contributed by atoms with Gasteiger partial charge in [0.05, 0.1) is 5.69 Å². The van der Waals surface area contributed by atoms with Gasteiger partial charge in [-0.15, -0.1) is 10.2 Å². The zero-order valence-electron chi connectivity index (χ0n) is 16.9. The topological polar surface area (TPSA) is 84.7 Å². The minimum atomic E-state index is 0.100. The van der Waals surface area contributed by atoms with Crippen molar-refractivity contribution < 1.29 is 4.79 Å². The lowest BCUT2D eigenvalue weighted by Gasteiger charge is -2.11. The summed E-state index contributed by atoms with van der Waals surface area (Å²) in [6.45, 7) is 3.94. The highest BCUT2D eigenvalue weighted by Crippen LogP contribution is 2.28. The van der Waals surface area contributed by atoms with Crippen LogP contribution in [-0.4, -0.2) is 25.9 Å². The molecule has 150 valence electrons. The summed E-state index contributed by atoms with van der Waals surface area (Å²) in [6, 6.07) is 13.4. The van der Waals surface area contributed by atoms with Crippen LogP contribution in [0.5, 0.6) is 0 Å². The zero-order chi connectivity index (χ0) is 20.2. The molecular weight excluding hydrogens is 364 g/mol. The molecule has 0 unspecified atom stereocenters. The highest BCUT2D eigenvalue weighted by atomic mass is 16.1. The molecule has 1 aliphatic rings. The van der Waals surface area contributed by atoms with Crippen LogP contribution in [0.3, 0.4) is 0 Å². The quantitative estimate of drug-likeness (QED) is 0.645. The van der Waals surface area contributed by atoms with Crippen molar-refractivity contribution in [2.75, 3.05) is 10.6 Å². The van der Waals surface area contributed by atoms with Crippen molar-refractivity contribution >= 4 is 23.1 Å². The molecule has 2 heterocycles. The molecule has 7 nitrogen and oxygen atoms in total. The number of nitrogens with zero attached hydrogens (tertiary/aromatic N) is 4. The van der Waals surface area contributed by atoms with Crippen molar-refractivity contribution in [2.24, 2.45) is 5.92 Å².